The van der Waals surface area contributed by atoms with Gasteiger partial charge >= 0.3 is 0 Å². The average Bonchev–Trinajstić information content (AvgIpc) is 2.89. The lowest BCUT2D eigenvalue weighted by atomic mass is 10.1. The van der Waals surface area contributed by atoms with Crippen molar-refractivity contribution in [3.05, 3.63) is 47.3 Å². The van der Waals surface area contributed by atoms with Gasteiger partial charge in [0.1, 0.15) is 0 Å². The Morgan fingerprint density at radius 3 is 2.70 bits per heavy atom. The van der Waals surface area contributed by atoms with Gasteiger partial charge in [0.05, 0.1) is 11.4 Å². The third kappa shape index (κ3) is 3.48. The van der Waals surface area contributed by atoms with Crippen LogP contribution in [-0.4, -0.2) is 16.3 Å². The molecule has 1 aromatic carbocycles. The maximum Gasteiger partial charge on any atom is 0.0690 e. The summed E-state index contributed by atoms with van der Waals surface area (Å²) in [5.41, 5.74) is 4.90. The summed E-state index contributed by atoms with van der Waals surface area (Å²) in [6.45, 7) is 10.6. The third-order valence-electron chi connectivity index (χ3n) is 3.43. The van der Waals surface area contributed by atoms with Gasteiger partial charge in [0.2, 0.25) is 0 Å². The van der Waals surface area contributed by atoms with Gasteiger partial charge in [-0.05, 0) is 43.5 Å². The SMILES string of the molecule is CCCNCc1cc(C)ccc1-n1ccc(C(C)C)n1. The molecule has 2 aromatic rings. The molecule has 108 valence electrons. The third-order valence-corrected chi connectivity index (χ3v) is 3.43. The Hall–Kier alpha value is -1.61. The second-order valence-corrected chi connectivity index (χ2v) is 5.65. The fourth-order valence-electron chi connectivity index (χ4n) is 2.26. The molecule has 0 fully saturated rings. The summed E-state index contributed by atoms with van der Waals surface area (Å²) in [7, 11) is 0. The molecule has 0 spiro atoms. The summed E-state index contributed by atoms with van der Waals surface area (Å²) in [6.07, 6.45) is 3.21. The number of rotatable bonds is 6. The van der Waals surface area contributed by atoms with Gasteiger partial charge in [-0.1, -0.05) is 38.5 Å². The lowest BCUT2D eigenvalue weighted by Gasteiger charge is -2.12. The Balaban J connectivity index is 2.29. The molecule has 0 aliphatic rings. The molecular formula is C17H25N3. The standard InChI is InChI=1S/C17H25N3/c1-5-9-18-12-15-11-14(4)6-7-17(15)20-10-8-16(19-20)13(2)3/h6-8,10-11,13,18H,5,9,12H2,1-4H3. The molecule has 0 radical (unpaired) electrons. The topological polar surface area (TPSA) is 29.9 Å². The van der Waals surface area contributed by atoms with E-state index in [1.165, 1.54) is 16.8 Å². The normalized spacial score (nSPS) is 11.2. The second-order valence-electron chi connectivity index (χ2n) is 5.65. The molecule has 0 amide bonds. The van der Waals surface area contributed by atoms with E-state index in [0.717, 1.165) is 25.2 Å². The predicted octanol–water partition coefficient (Wildman–Crippen LogP) is 3.80. The first kappa shape index (κ1) is 14.8. The minimum Gasteiger partial charge on any atom is -0.313 e. The quantitative estimate of drug-likeness (QED) is 0.810. The Morgan fingerprint density at radius 2 is 2.05 bits per heavy atom. The van der Waals surface area contributed by atoms with Crippen LogP contribution in [0.5, 0.6) is 0 Å². The first-order valence-corrected chi connectivity index (χ1v) is 7.48. The van der Waals surface area contributed by atoms with Crippen molar-refractivity contribution in [2.24, 2.45) is 0 Å². The van der Waals surface area contributed by atoms with Crippen molar-refractivity contribution in [3.63, 3.8) is 0 Å². The maximum absolute atomic E-state index is 4.69. The second kappa shape index (κ2) is 6.71. The summed E-state index contributed by atoms with van der Waals surface area (Å²) in [5, 5.41) is 8.16. The van der Waals surface area contributed by atoms with Crippen LogP contribution in [0.4, 0.5) is 0 Å². The van der Waals surface area contributed by atoms with Gasteiger partial charge in [-0.2, -0.15) is 5.10 Å². The zero-order valence-corrected chi connectivity index (χ0v) is 13.0. The molecule has 3 heteroatoms. The van der Waals surface area contributed by atoms with Crippen LogP contribution in [0.25, 0.3) is 5.69 Å². The molecule has 0 bridgehead atoms. The number of aryl methyl sites for hydroxylation is 1. The highest BCUT2D eigenvalue weighted by atomic mass is 15.3. The number of nitrogens with zero attached hydrogens (tertiary/aromatic N) is 2. The molecule has 0 aliphatic carbocycles. The van der Waals surface area contributed by atoms with Crippen LogP contribution in [-0.2, 0) is 6.54 Å². The number of nitrogens with one attached hydrogen (secondary N) is 1. The van der Waals surface area contributed by atoms with E-state index < -0.39 is 0 Å². The van der Waals surface area contributed by atoms with Crippen LogP contribution < -0.4 is 5.32 Å². The van der Waals surface area contributed by atoms with E-state index >= 15 is 0 Å². The van der Waals surface area contributed by atoms with Crippen molar-refractivity contribution >= 4 is 0 Å². The van der Waals surface area contributed by atoms with Crippen LogP contribution in [0.1, 0.15) is 49.9 Å². The maximum atomic E-state index is 4.69. The van der Waals surface area contributed by atoms with Crippen molar-refractivity contribution in [1.29, 1.82) is 0 Å². The Labute approximate surface area is 122 Å². The minimum atomic E-state index is 0.461. The highest BCUT2D eigenvalue weighted by molar-refractivity contribution is 5.43. The van der Waals surface area contributed by atoms with Crippen molar-refractivity contribution < 1.29 is 0 Å². The molecule has 0 saturated carbocycles. The van der Waals surface area contributed by atoms with Crippen LogP contribution in [0, 0.1) is 6.92 Å². The molecule has 0 unspecified atom stereocenters. The zero-order valence-electron chi connectivity index (χ0n) is 13.0. The number of benzene rings is 1. The van der Waals surface area contributed by atoms with Crippen LogP contribution in [0.3, 0.4) is 0 Å². The van der Waals surface area contributed by atoms with E-state index in [1.54, 1.807) is 0 Å². The molecule has 1 heterocycles. The van der Waals surface area contributed by atoms with Gasteiger partial charge in [-0.15, -0.1) is 0 Å². The number of hydrogen-bond acceptors (Lipinski definition) is 2. The fraction of sp³-hybridized carbons (Fsp3) is 0.471. The largest absolute Gasteiger partial charge is 0.313 e. The summed E-state index contributed by atoms with van der Waals surface area (Å²) in [6, 6.07) is 8.66. The van der Waals surface area contributed by atoms with Crippen LogP contribution in [0.15, 0.2) is 30.5 Å². The van der Waals surface area contributed by atoms with Gasteiger partial charge in [0.25, 0.3) is 0 Å². The summed E-state index contributed by atoms with van der Waals surface area (Å²) in [5.74, 6) is 0.461. The molecule has 20 heavy (non-hydrogen) atoms. The minimum absolute atomic E-state index is 0.461. The molecule has 0 saturated heterocycles. The fourth-order valence-corrected chi connectivity index (χ4v) is 2.26. The van der Waals surface area contributed by atoms with Gasteiger partial charge in [0, 0.05) is 12.7 Å². The first-order valence-electron chi connectivity index (χ1n) is 7.48. The van der Waals surface area contributed by atoms with E-state index in [0.29, 0.717) is 5.92 Å². The van der Waals surface area contributed by atoms with Gasteiger partial charge in [0.15, 0.2) is 0 Å². The van der Waals surface area contributed by atoms with Crippen LogP contribution in [0.2, 0.25) is 0 Å². The van der Waals surface area contributed by atoms with E-state index in [9.17, 15) is 0 Å². The monoisotopic (exact) mass is 271 g/mol. The van der Waals surface area contributed by atoms with Gasteiger partial charge < -0.3 is 5.32 Å². The zero-order chi connectivity index (χ0) is 14.5. The first-order chi connectivity index (χ1) is 9.61. The molecular weight excluding hydrogens is 246 g/mol. The highest BCUT2D eigenvalue weighted by Gasteiger charge is 2.08. The molecule has 1 aromatic heterocycles. The van der Waals surface area contributed by atoms with E-state index in [2.05, 4.69) is 68.6 Å². The molecule has 3 nitrogen and oxygen atoms in total. The van der Waals surface area contributed by atoms with E-state index in [4.69, 9.17) is 0 Å². The van der Waals surface area contributed by atoms with Gasteiger partial charge in [-0.25, -0.2) is 4.68 Å². The van der Waals surface area contributed by atoms with Crippen molar-refractivity contribution in [3.8, 4) is 5.69 Å². The lowest BCUT2D eigenvalue weighted by molar-refractivity contribution is 0.668. The van der Waals surface area contributed by atoms with Gasteiger partial charge in [-0.3, -0.25) is 0 Å². The van der Waals surface area contributed by atoms with Crippen molar-refractivity contribution in [2.45, 2.75) is 46.6 Å². The van der Waals surface area contributed by atoms with Crippen molar-refractivity contribution in [1.82, 2.24) is 15.1 Å². The Kier molecular flexibility index (Phi) is 4.96. The molecule has 1 N–H and O–H groups in total. The van der Waals surface area contributed by atoms with Crippen molar-refractivity contribution in [2.75, 3.05) is 6.54 Å². The Bertz CT molecular complexity index is 555. The lowest BCUT2D eigenvalue weighted by Crippen LogP contribution is -2.16. The summed E-state index contributed by atoms with van der Waals surface area (Å²) in [4.78, 5) is 0. The van der Waals surface area contributed by atoms with E-state index in [-0.39, 0.29) is 0 Å². The molecule has 0 atom stereocenters. The smallest absolute Gasteiger partial charge is 0.0690 e. The average molecular weight is 271 g/mol. The summed E-state index contributed by atoms with van der Waals surface area (Å²) >= 11 is 0. The van der Waals surface area contributed by atoms with E-state index in [1.807, 2.05) is 4.68 Å². The summed E-state index contributed by atoms with van der Waals surface area (Å²) < 4.78 is 2.00. The highest BCUT2D eigenvalue weighted by Crippen LogP contribution is 2.18. The number of aromatic nitrogens is 2. The van der Waals surface area contributed by atoms with Crippen LogP contribution >= 0.6 is 0 Å². The molecule has 0 aliphatic heterocycles. The molecule has 2 rings (SSSR count). The predicted molar refractivity (Wildman–Crippen MR) is 84.4 cm³/mol. The Morgan fingerprint density at radius 1 is 1.25 bits per heavy atom. The number of hydrogen-bond donors (Lipinski definition) is 1.